The monoisotopic (exact) mass is 297 g/mol. The number of rotatable bonds is 3. The van der Waals surface area contributed by atoms with Crippen molar-refractivity contribution in [2.24, 2.45) is 0 Å². The molecule has 0 fully saturated rings. The van der Waals surface area contributed by atoms with Crippen LogP contribution in [0.3, 0.4) is 0 Å². The highest BCUT2D eigenvalue weighted by Crippen LogP contribution is 2.36. The highest BCUT2D eigenvalue weighted by molar-refractivity contribution is 6.36. The molecule has 0 aliphatic heterocycles. The Morgan fingerprint density at radius 2 is 1.89 bits per heavy atom. The van der Waals surface area contributed by atoms with Crippen molar-refractivity contribution in [3.63, 3.8) is 0 Å². The lowest BCUT2D eigenvalue weighted by molar-refractivity contribution is 0.340. The number of aryl methyl sites for hydroxylation is 1. The van der Waals surface area contributed by atoms with Crippen LogP contribution >= 0.6 is 23.2 Å². The molecule has 0 aliphatic rings. The molecule has 0 saturated carbocycles. The fraction of sp³-hybridized carbons (Fsp3) is 0.231. The van der Waals surface area contributed by atoms with Crippen LogP contribution in [0, 0.1) is 6.92 Å². The minimum atomic E-state index is 0.205. The highest BCUT2D eigenvalue weighted by Gasteiger charge is 2.12. The van der Waals surface area contributed by atoms with E-state index in [0.29, 0.717) is 33.7 Å². The molecule has 1 heterocycles. The van der Waals surface area contributed by atoms with Gasteiger partial charge in [0.25, 0.3) is 0 Å². The first-order valence-electron chi connectivity index (χ1n) is 5.74. The van der Waals surface area contributed by atoms with Gasteiger partial charge in [0.1, 0.15) is 5.75 Å². The third-order valence-corrected chi connectivity index (χ3v) is 3.08. The largest absolute Gasteiger partial charge is 0.492 e. The van der Waals surface area contributed by atoms with Gasteiger partial charge in [0.05, 0.1) is 22.3 Å². The van der Waals surface area contributed by atoms with Gasteiger partial charge in [-0.25, -0.2) is 9.97 Å². The van der Waals surface area contributed by atoms with Gasteiger partial charge in [0, 0.05) is 17.3 Å². The van der Waals surface area contributed by atoms with E-state index in [9.17, 15) is 0 Å². The van der Waals surface area contributed by atoms with E-state index in [-0.39, 0.29) is 5.95 Å². The lowest BCUT2D eigenvalue weighted by Gasteiger charge is -2.10. The maximum atomic E-state index is 6.24. The first-order valence-corrected chi connectivity index (χ1v) is 6.50. The van der Waals surface area contributed by atoms with Crippen molar-refractivity contribution in [2.45, 2.75) is 13.8 Å². The van der Waals surface area contributed by atoms with Gasteiger partial charge in [-0.15, -0.1) is 0 Å². The fourth-order valence-corrected chi connectivity index (χ4v) is 2.19. The number of aromatic nitrogens is 2. The number of nitrogens with zero attached hydrogens (tertiary/aromatic N) is 2. The topological polar surface area (TPSA) is 61.0 Å². The van der Waals surface area contributed by atoms with Crippen LogP contribution in [-0.2, 0) is 0 Å². The molecule has 0 radical (unpaired) electrons. The Kier molecular flexibility index (Phi) is 4.12. The number of hydrogen-bond acceptors (Lipinski definition) is 4. The van der Waals surface area contributed by atoms with E-state index >= 15 is 0 Å². The summed E-state index contributed by atoms with van der Waals surface area (Å²) < 4.78 is 5.38. The third kappa shape index (κ3) is 3.08. The number of hydrogen-bond donors (Lipinski definition) is 1. The first kappa shape index (κ1) is 13.9. The number of halogens is 2. The molecular weight excluding hydrogens is 285 g/mol. The molecule has 100 valence electrons. The van der Waals surface area contributed by atoms with Gasteiger partial charge in [0.2, 0.25) is 5.95 Å². The van der Waals surface area contributed by atoms with Crippen LogP contribution < -0.4 is 10.5 Å². The molecule has 0 bridgehead atoms. The van der Waals surface area contributed by atoms with Crippen molar-refractivity contribution < 1.29 is 4.74 Å². The molecule has 0 saturated heterocycles. The minimum Gasteiger partial charge on any atom is -0.492 e. The van der Waals surface area contributed by atoms with Crippen molar-refractivity contribution in [1.82, 2.24) is 9.97 Å². The SMILES string of the molecule is CCOc1cc(Cl)c(-c2cc(C)nc(N)n2)cc1Cl. The highest BCUT2D eigenvalue weighted by atomic mass is 35.5. The second-order valence-electron chi connectivity index (χ2n) is 3.95. The van der Waals surface area contributed by atoms with Crippen molar-refractivity contribution in [2.75, 3.05) is 12.3 Å². The summed E-state index contributed by atoms with van der Waals surface area (Å²) >= 11 is 12.4. The average molecular weight is 298 g/mol. The molecule has 2 N–H and O–H groups in total. The van der Waals surface area contributed by atoms with E-state index in [1.165, 1.54) is 0 Å². The zero-order chi connectivity index (χ0) is 14.0. The molecule has 0 spiro atoms. The Bertz CT molecular complexity index is 597. The predicted molar refractivity (Wildman–Crippen MR) is 77.8 cm³/mol. The van der Waals surface area contributed by atoms with Gasteiger partial charge >= 0.3 is 0 Å². The van der Waals surface area contributed by atoms with Crippen LogP contribution in [0.5, 0.6) is 5.75 Å². The molecule has 4 nitrogen and oxygen atoms in total. The quantitative estimate of drug-likeness (QED) is 0.937. The summed E-state index contributed by atoms with van der Waals surface area (Å²) in [5, 5.41) is 0.987. The van der Waals surface area contributed by atoms with Gasteiger partial charge < -0.3 is 10.5 Å². The Morgan fingerprint density at radius 3 is 2.53 bits per heavy atom. The van der Waals surface area contributed by atoms with Crippen LogP contribution in [0.4, 0.5) is 5.95 Å². The molecule has 6 heteroatoms. The van der Waals surface area contributed by atoms with Gasteiger partial charge in [0.15, 0.2) is 0 Å². The number of nitrogens with two attached hydrogens (primary N) is 1. The lowest BCUT2D eigenvalue weighted by atomic mass is 10.1. The second-order valence-corrected chi connectivity index (χ2v) is 4.76. The summed E-state index contributed by atoms with van der Waals surface area (Å²) in [6.45, 7) is 4.24. The number of ether oxygens (including phenoxy) is 1. The summed E-state index contributed by atoms with van der Waals surface area (Å²) in [6.07, 6.45) is 0. The molecule has 0 amide bonds. The molecule has 0 aliphatic carbocycles. The van der Waals surface area contributed by atoms with Crippen molar-refractivity contribution in [3.05, 3.63) is 33.9 Å². The summed E-state index contributed by atoms with van der Waals surface area (Å²) in [7, 11) is 0. The van der Waals surface area contributed by atoms with Crippen LogP contribution in [0.1, 0.15) is 12.6 Å². The first-order chi connectivity index (χ1) is 9.01. The van der Waals surface area contributed by atoms with Crippen molar-refractivity contribution >= 4 is 29.2 Å². The number of anilines is 1. The predicted octanol–water partition coefficient (Wildman–Crippen LogP) is 3.74. The molecular formula is C13H13Cl2N3O. The molecule has 19 heavy (non-hydrogen) atoms. The molecule has 0 unspecified atom stereocenters. The summed E-state index contributed by atoms with van der Waals surface area (Å²) in [6, 6.07) is 5.20. The van der Waals surface area contributed by atoms with Crippen LogP contribution in [-0.4, -0.2) is 16.6 Å². The van der Waals surface area contributed by atoms with Crippen LogP contribution in [0.2, 0.25) is 10.0 Å². The lowest BCUT2D eigenvalue weighted by Crippen LogP contribution is -1.99. The second kappa shape index (κ2) is 5.63. The fourth-order valence-electron chi connectivity index (χ4n) is 1.72. The van der Waals surface area contributed by atoms with Gasteiger partial charge in [-0.05, 0) is 26.0 Å². The Balaban J connectivity index is 2.53. The van der Waals surface area contributed by atoms with E-state index in [0.717, 1.165) is 5.69 Å². The van der Waals surface area contributed by atoms with E-state index in [2.05, 4.69) is 9.97 Å². The van der Waals surface area contributed by atoms with Crippen LogP contribution in [0.25, 0.3) is 11.3 Å². The van der Waals surface area contributed by atoms with E-state index in [1.807, 2.05) is 13.8 Å². The molecule has 2 rings (SSSR count). The van der Waals surface area contributed by atoms with E-state index in [1.54, 1.807) is 18.2 Å². The molecule has 1 aromatic carbocycles. The normalized spacial score (nSPS) is 10.5. The number of benzene rings is 1. The maximum Gasteiger partial charge on any atom is 0.220 e. The summed E-state index contributed by atoms with van der Waals surface area (Å²) in [5.74, 6) is 0.757. The molecule has 2 aromatic rings. The van der Waals surface area contributed by atoms with Crippen LogP contribution in [0.15, 0.2) is 18.2 Å². The Morgan fingerprint density at radius 1 is 1.16 bits per heavy atom. The standard InChI is InChI=1S/C13H13Cl2N3O/c1-3-19-12-6-9(14)8(5-10(12)15)11-4-7(2)17-13(16)18-11/h4-6H,3H2,1-2H3,(H2,16,17,18). The smallest absolute Gasteiger partial charge is 0.220 e. The zero-order valence-electron chi connectivity index (χ0n) is 10.6. The Labute approximate surface area is 121 Å². The van der Waals surface area contributed by atoms with Gasteiger partial charge in [-0.3, -0.25) is 0 Å². The minimum absolute atomic E-state index is 0.205. The van der Waals surface area contributed by atoms with E-state index < -0.39 is 0 Å². The average Bonchev–Trinajstić information content (AvgIpc) is 2.32. The van der Waals surface area contributed by atoms with Crippen molar-refractivity contribution in [3.8, 4) is 17.0 Å². The Hall–Kier alpha value is -1.52. The number of nitrogen functional groups attached to an aromatic ring is 1. The zero-order valence-corrected chi connectivity index (χ0v) is 12.1. The van der Waals surface area contributed by atoms with Gasteiger partial charge in [-0.1, -0.05) is 23.2 Å². The third-order valence-electron chi connectivity index (χ3n) is 2.47. The summed E-state index contributed by atoms with van der Waals surface area (Å²) in [5.41, 5.74) is 7.75. The summed E-state index contributed by atoms with van der Waals surface area (Å²) in [4.78, 5) is 8.19. The molecule has 1 aromatic heterocycles. The van der Waals surface area contributed by atoms with E-state index in [4.69, 9.17) is 33.7 Å². The van der Waals surface area contributed by atoms with Crippen molar-refractivity contribution in [1.29, 1.82) is 0 Å². The van der Waals surface area contributed by atoms with Gasteiger partial charge in [-0.2, -0.15) is 0 Å². The maximum absolute atomic E-state index is 6.24. The molecule has 0 atom stereocenters.